The SMILES string of the molecule is CCCCC(CC)COC(=O)CCCCO. The van der Waals surface area contributed by atoms with Gasteiger partial charge in [-0.15, -0.1) is 0 Å². The Morgan fingerprint density at radius 1 is 1.25 bits per heavy atom. The first-order valence-corrected chi connectivity index (χ1v) is 6.51. The molecule has 3 nitrogen and oxygen atoms in total. The summed E-state index contributed by atoms with van der Waals surface area (Å²) >= 11 is 0. The smallest absolute Gasteiger partial charge is 0.305 e. The van der Waals surface area contributed by atoms with Gasteiger partial charge in [-0.1, -0.05) is 33.1 Å². The van der Waals surface area contributed by atoms with Crippen LogP contribution in [-0.4, -0.2) is 24.3 Å². The fraction of sp³-hybridized carbons (Fsp3) is 0.923. The van der Waals surface area contributed by atoms with Crippen molar-refractivity contribution in [1.29, 1.82) is 0 Å². The number of hydrogen-bond donors (Lipinski definition) is 1. The molecule has 0 aromatic heterocycles. The maximum absolute atomic E-state index is 11.3. The van der Waals surface area contributed by atoms with Gasteiger partial charge in [-0.3, -0.25) is 4.79 Å². The van der Waals surface area contributed by atoms with E-state index in [2.05, 4.69) is 13.8 Å². The van der Waals surface area contributed by atoms with Crippen molar-refractivity contribution in [2.45, 2.75) is 58.8 Å². The van der Waals surface area contributed by atoms with Crippen molar-refractivity contribution in [3.05, 3.63) is 0 Å². The molecule has 0 aliphatic carbocycles. The van der Waals surface area contributed by atoms with Gasteiger partial charge < -0.3 is 9.84 Å². The van der Waals surface area contributed by atoms with Gasteiger partial charge in [0.25, 0.3) is 0 Å². The van der Waals surface area contributed by atoms with E-state index < -0.39 is 0 Å². The molecule has 0 aromatic rings. The summed E-state index contributed by atoms with van der Waals surface area (Å²) in [4.78, 5) is 11.3. The second-order valence-electron chi connectivity index (χ2n) is 4.28. The van der Waals surface area contributed by atoms with Crippen LogP contribution in [0.2, 0.25) is 0 Å². The Hall–Kier alpha value is -0.570. The fourth-order valence-corrected chi connectivity index (χ4v) is 1.56. The maximum Gasteiger partial charge on any atom is 0.305 e. The van der Waals surface area contributed by atoms with Gasteiger partial charge in [-0.2, -0.15) is 0 Å². The lowest BCUT2D eigenvalue weighted by Gasteiger charge is -2.14. The first-order valence-electron chi connectivity index (χ1n) is 6.51. The van der Waals surface area contributed by atoms with Crippen LogP contribution in [0.3, 0.4) is 0 Å². The highest BCUT2D eigenvalue weighted by atomic mass is 16.5. The van der Waals surface area contributed by atoms with Crippen LogP contribution in [0.4, 0.5) is 0 Å². The van der Waals surface area contributed by atoms with E-state index >= 15 is 0 Å². The quantitative estimate of drug-likeness (QED) is 0.463. The van der Waals surface area contributed by atoms with Crippen LogP contribution in [0.1, 0.15) is 58.8 Å². The van der Waals surface area contributed by atoms with Crippen LogP contribution in [0.5, 0.6) is 0 Å². The van der Waals surface area contributed by atoms with Crippen molar-refractivity contribution >= 4 is 5.97 Å². The van der Waals surface area contributed by atoms with Gasteiger partial charge in [-0.25, -0.2) is 0 Å². The fourth-order valence-electron chi connectivity index (χ4n) is 1.56. The summed E-state index contributed by atoms with van der Waals surface area (Å²) in [5, 5.41) is 8.58. The first-order chi connectivity index (χ1) is 7.74. The molecule has 0 rings (SSSR count). The lowest BCUT2D eigenvalue weighted by molar-refractivity contribution is -0.145. The van der Waals surface area contributed by atoms with Gasteiger partial charge in [0.15, 0.2) is 0 Å². The van der Waals surface area contributed by atoms with E-state index in [1.54, 1.807) is 0 Å². The molecular weight excluding hydrogens is 204 g/mol. The van der Waals surface area contributed by atoms with Gasteiger partial charge in [-0.05, 0) is 25.2 Å². The van der Waals surface area contributed by atoms with Crippen molar-refractivity contribution in [1.82, 2.24) is 0 Å². The minimum Gasteiger partial charge on any atom is -0.465 e. The average molecular weight is 230 g/mol. The van der Waals surface area contributed by atoms with Gasteiger partial charge >= 0.3 is 5.97 Å². The number of carbonyl (C=O) groups excluding carboxylic acids is 1. The van der Waals surface area contributed by atoms with Gasteiger partial charge in [0.1, 0.15) is 0 Å². The average Bonchev–Trinajstić information content (AvgIpc) is 2.30. The molecule has 1 N–H and O–H groups in total. The molecule has 0 saturated carbocycles. The van der Waals surface area contributed by atoms with Crippen LogP contribution in [0.15, 0.2) is 0 Å². The number of carbonyl (C=O) groups is 1. The molecule has 0 heterocycles. The van der Waals surface area contributed by atoms with E-state index in [9.17, 15) is 4.79 Å². The van der Waals surface area contributed by atoms with Crippen LogP contribution in [0.25, 0.3) is 0 Å². The zero-order valence-electron chi connectivity index (χ0n) is 10.7. The molecule has 0 radical (unpaired) electrons. The molecule has 0 aliphatic rings. The van der Waals surface area contributed by atoms with E-state index in [4.69, 9.17) is 9.84 Å². The number of esters is 1. The van der Waals surface area contributed by atoms with E-state index in [-0.39, 0.29) is 12.6 Å². The Morgan fingerprint density at radius 2 is 2.00 bits per heavy atom. The Kier molecular flexibility index (Phi) is 10.5. The number of aliphatic hydroxyl groups excluding tert-OH is 1. The minimum atomic E-state index is -0.122. The number of rotatable bonds is 10. The molecule has 0 amide bonds. The molecule has 3 heteroatoms. The summed E-state index contributed by atoms with van der Waals surface area (Å²) in [5.41, 5.74) is 0. The van der Waals surface area contributed by atoms with Crippen molar-refractivity contribution in [3.63, 3.8) is 0 Å². The van der Waals surface area contributed by atoms with E-state index in [0.29, 0.717) is 25.4 Å². The summed E-state index contributed by atoms with van der Waals surface area (Å²) in [6, 6.07) is 0. The van der Waals surface area contributed by atoms with Crippen molar-refractivity contribution in [3.8, 4) is 0 Å². The maximum atomic E-state index is 11.3. The molecule has 0 fully saturated rings. The topological polar surface area (TPSA) is 46.5 Å². The van der Waals surface area contributed by atoms with Crippen LogP contribution < -0.4 is 0 Å². The number of unbranched alkanes of at least 4 members (excludes halogenated alkanes) is 2. The zero-order chi connectivity index (χ0) is 12.2. The lowest BCUT2D eigenvalue weighted by Crippen LogP contribution is -2.13. The highest BCUT2D eigenvalue weighted by Gasteiger charge is 2.09. The lowest BCUT2D eigenvalue weighted by atomic mass is 10.0. The van der Waals surface area contributed by atoms with Crippen molar-refractivity contribution in [2.75, 3.05) is 13.2 Å². The Bertz CT molecular complexity index is 169. The monoisotopic (exact) mass is 230 g/mol. The molecule has 0 bridgehead atoms. The third-order valence-corrected chi connectivity index (χ3v) is 2.81. The van der Waals surface area contributed by atoms with Crippen LogP contribution in [-0.2, 0) is 9.53 Å². The second-order valence-corrected chi connectivity index (χ2v) is 4.28. The molecule has 1 atom stereocenters. The third-order valence-electron chi connectivity index (χ3n) is 2.81. The summed E-state index contributed by atoms with van der Waals surface area (Å²) in [6.07, 6.45) is 6.47. The molecule has 16 heavy (non-hydrogen) atoms. The molecule has 0 aromatic carbocycles. The second kappa shape index (κ2) is 10.9. The molecule has 0 aliphatic heterocycles. The van der Waals surface area contributed by atoms with Crippen molar-refractivity contribution in [2.24, 2.45) is 5.92 Å². The summed E-state index contributed by atoms with van der Waals surface area (Å²) in [5.74, 6) is 0.394. The van der Waals surface area contributed by atoms with E-state index in [0.717, 1.165) is 19.3 Å². The summed E-state index contributed by atoms with van der Waals surface area (Å²) < 4.78 is 5.22. The Labute approximate surface area is 99.2 Å². The summed E-state index contributed by atoms with van der Waals surface area (Å²) in [7, 11) is 0. The van der Waals surface area contributed by atoms with Gasteiger partial charge in [0, 0.05) is 13.0 Å². The number of aliphatic hydroxyl groups is 1. The minimum absolute atomic E-state index is 0.122. The standard InChI is InChI=1S/C13H26O3/c1-3-5-8-12(4-2)11-16-13(15)9-6-7-10-14/h12,14H,3-11H2,1-2H3. The van der Waals surface area contributed by atoms with Gasteiger partial charge in [0.05, 0.1) is 6.61 Å². The zero-order valence-corrected chi connectivity index (χ0v) is 10.7. The highest BCUT2D eigenvalue weighted by molar-refractivity contribution is 5.69. The van der Waals surface area contributed by atoms with Crippen molar-refractivity contribution < 1.29 is 14.6 Å². The van der Waals surface area contributed by atoms with E-state index in [1.165, 1.54) is 12.8 Å². The van der Waals surface area contributed by atoms with Crippen LogP contribution >= 0.6 is 0 Å². The number of hydrogen-bond acceptors (Lipinski definition) is 3. The molecule has 0 spiro atoms. The van der Waals surface area contributed by atoms with Crippen LogP contribution in [0, 0.1) is 5.92 Å². The molecular formula is C13H26O3. The van der Waals surface area contributed by atoms with E-state index in [1.807, 2.05) is 0 Å². The normalized spacial score (nSPS) is 12.4. The van der Waals surface area contributed by atoms with Gasteiger partial charge in [0.2, 0.25) is 0 Å². The molecule has 0 saturated heterocycles. The largest absolute Gasteiger partial charge is 0.465 e. The first kappa shape index (κ1) is 15.4. The Morgan fingerprint density at radius 3 is 2.56 bits per heavy atom. The third kappa shape index (κ3) is 8.72. The predicted molar refractivity (Wildman–Crippen MR) is 65.2 cm³/mol. The highest BCUT2D eigenvalue weighted by Crippen LogP contribution is 2.13. The molecule has 96 valence electrons. The predicted octanol–water partition coefficient (Wildman–Crippen LogP) is 2.91. The summed E-state index contributed by atoms with van der Waals surface area (Å²) in [6.45, 7) is 5.03. The molecule has 1 unspecified atom stereocenters. The number of ether oxygens (including phenoxy) is 1. The Balaban J connectivity index is 3.54.